The monoisotopic (exact) mass is 638 g/mol. The second-order valence-corrected chi connectivity index (χ2v) is 11.8. The van der Waals surface area contributed by atoms with Crippen molar-refractivity contribution in [3.05, 3.63) is 68.8 Å². The van der Waals surface area contributed by atoms with Crippen molar-refractivity contribution in [3.63, 3.8) is 0 Å². The Morgan fingerprint density at radius 3 is 1.61 bits per heavy atom. The summed E-state index contributed by atoms with van der Waals surface area (Å²) in [7, 11) is 1.86. The maximum Gasteiger partial charge on any atom is 2.00 e. The van der Waals surface area contributed by atoms with Gasteiger partial charge in [0.25, 0.3) is 0 Å². The minimum atomic E-state index is 0. The Bertz CT molecular complexity index is 1740. The quantitative estimate of drug-likeness (QED) is 0.173. The van der Waals surface area contributed by atoms with Crippen LogP contribution in [-0.2, 0) is 42.8 Å². The average Bonchev–Trinajstić information content (AvgIpc) is 3.74. The van der Waals surface area contributed by atoms with Gasteiger partial charge < -0.3 is 9.97 Å². The molecule has 2 aliphatic heterocycles. The van der Waals surface area contributed by atoms with Gasteiger partial charge in [-0.3, -0.25) is 9.98 Å². The largest absolute Gasteiger partial charge is 2.00 e. The molecule has 2 unspecified atom stereocenters. The maximum absolute atomic E-state index is 5.45. The van der Waals surface area contributed by atoms with Crippen molar-refractivity contribution < 1.29 is 17.1 Å². The van der Waals surface area contributed by atoms with Gasteiger partial charge >= 0.3 is 17.1 Å². The van der Waals surface area contributed by atoms with E-state index in [0.717, 1.165) is 102 Å². The van der Waals surface area contributed by atoms with Crippen molar-refractivity contribution in [2.45, 2.75) is 119 Å². The van der Waals surface area contributed by atoms with Crippen LogP contribution in [0.4, 0.5) is 0 Å². The first kappa shape index (κ1) is 33.9. The molecule has 237 valence electrons. The summed E-state index contributed by atoms with van der Waals surface area (Å²) in [6.07, 6.45) is 9.67. The summed E-state index contributed by atoms with van der Waals surface area (Å²) >= 11 is 0. The molecule has 5 heterocycles. The minimum Gasteiger partial charge on any atom is -0.657 e. The Hall–Kier alpha value is -2.95. The van der Waals surface area contributed by atoms with Crippen LogP contribution in [0.1, 0.15) is 144 Å². The van der Waals surface area contributed by atoms with Crippen LogP contribution in [0.3, 0.4) is 0 Å². The van der Waals surface area contributed by atoms with E-state index in [1.54, 1.807) is 0 Å². The Kier molecular flexibility index (Phi) is 11.1. The summed E-state index contributed by atoms with van der Waals surface area (Å²) in [5.74, 6) is 0.650. The number of fused-ring (bicyclic) bond motifs is 8. The molecule has 0 fully saturated rings. The van der Waals surface area contributed by atoms with Crippen LogP contribution in [0.2, 0.25) is 0 Å². The van der Waals surface area contributed by atoms with E-state index in [1.807, 2.05) is 13.3 Å². The van der Waals surface area contributed by atoms with Gasteiger partial charge in [-0.05, 0) is 68.1 Å². The fourth-order valence-electron chi connectivity index (χ4n) is 7.72. The molecule has 0 N–H and O–H groups in total. The van der Waals surface area contributed by atoms with Crippen LogP contribution in [0.25, 0.3) is 33.2 Å². The Morgan fingerprint density at radius 2 is 1.14 bits per heavy atom. The molecular weight excluding hydrogens is 590 g/mol. The van der Waals surface area contributed by atoms with Crippen LogP contribution in [0, 0.1) is 0 Å². The molecule has 0 saturated heterocycles. The number of aromatic nitrogens is 4. The first-order chi connectivity index (χ1) is 20.9. The Balaban J connectivity index is 0.00000442. The van der Waals surface area contributed by atoms with Crippen molar-refractivity contribution in [3.8, 4) is 0 Å². The van der Waals surface area contributed by atoms with Crippen LogP contribution < -0.4 is 9.97 Å². The number of aryl methyl sites for hydroxylation is 4. The zero-order valence-corrected chi connectivity index (χ0v) is 29.1. The normalized spacial score (nSPS) is 16.7. The summed E-state index contributed by atoms with van der Waals surface area (Å²) < 4.78 is 0. The molecule has 0 aliphatic carbocycles. The molecule has 0 aromatic carbocycles. The zero-order chi connectivity index (χ0) is 30.8. The summed E-state index contributed by atoms with van der Waals surface area (Å²) in [6, 6.07) is 6.80. The molecule has 44 heavy (non-hydrogen) atoms. The van der Waals surface area contributed by atoms with Crippen LogP contribution in [0.15, 0.2) is 23.2 Å². The molecule has 0 amide bonds. The summed E-state index contributed by atoms with van der Waals surface area (Å²) in [4.78, 5) is 26.0. The van der Waals surface area contributed by atoms with Gasteiger partial charge in [0.15, 0.2) is 0 Å². The van der Waals surface area contributed by atoms with E-state index in [-0.39, 0.29) is 17.1 Å². The number of allylic oxidation sites excluding steroid dienone is 2. The van der Waals surface area contributed by atoms with E-state index in [2.05, 4.69) is 78.6 Å². The predicted octanol–water partition coefficient (Wildman–Crippen LogP) is 9.29. The topological polar surface area (TPSA) is 66.3 Å². The van der Waals surface area contributed by atoms with Crippen molar-refractivity contribution >= 4 is 39.4 Å². The standard InChI is InChI=1S/C38H49N5.Cu/c1-10-22-24(12-3)33-19-35-26(14-5)28(16-7)37(42-35)30(21-39-9)38-29(17-8)27(15-6)36(43-38)20-34-25(13-4)23(11-2)32(41-34)18-31(22)40-33;/h18-21,26,28H,10-17H2,1-9H3;/q-2;+2. The van der Waals surface area contributed by atoms with E-state index >= 15 is 0 Å². The second-order valence-electron chi connectivity index (χ2n) is 11.8. The van der Waals surface area contributed by atoms with Gasteiger partial charge in [0.2, 0.25) is 0 Å². The molecular formula is C38H49CuN5. The van der Waals surface area contributed by atoms with Gasteiger partial charge in [0.05, 0.1) is 17.1 Å². The van der Waals surface area contributed by atoms with Gasteiger partial charge in [0, 0.05) is 30.8 Å². The molecule has 5 rings (SSSR count). The first-order valence-electron chi connectivity index (χ1n) is 16.8. The molecule has 6 heteroatoms. The number of hydrogen-bond acceptors (Lipinski definition) is 3. The number of hydrogen-bond donors (Lipinski definition) is 0. The van der Waals surface area contributed by atoms with E-state index in [4.69, 9.17) is 19.9 Å². The third kappa shape index (κ3) is 5.65. The van der Waals surface area contributed by atoms with Gasteiger partial charge in [-0.25, -0.2) is 4.98 Å². The van der Waals surface area contributed by atoms with Crippen molar-refractivity contribution in [2.75, 3.05) is 7.05 Å². The van der Waals surface area contributed by atoms with Crippen molar-refractivity contribution in [1.29, 1.82) is 0 Å². The molecule has 2 atom stereocenters. The Morgan fingerprint density at radius 1 is 0.636 bits per heavy atom. The van der Waals surface area contributed by atoms with Crippen molar-refractivity contribution in [1.82, 2.24) is 19.9 Å². The fraction of sp³-hybridized carbons (Fsp3) is 0.500. The first-order valence-corrected chi connectivity index (χ1v) is 16.8. The van der Waals surface area contributed by atoms with Crippen molar-refractivity contribution in [2.24, 2.45) is 4.99 Å². The SMILES string of the molecule is CCC1=C(CC)c2cc3[n-]c(c(C=NC)c4nc(cc5[n-]c(cc1n2)c(CC)c5CC)C(CC)C4CC)c(CC)c3CC.[Cu+2]. The molecule has 1 radical (unpaired) electrons. The van der Waals surface area contributed by atoms with Gasteiger partial charge in [0.1, 0.15) is 0 Å². The van der Waals surface area contributed by atoms with Crippen LogP contribution in [0.5, 0.6) is 0 Å². The third-order valence-electron chi connectivity index (χ3n) is 9.73. The smallest absolute Gasteiger partial charge is 0.657 e. The molecule has 3 aromatic rings. The maximum atomic E-state index is 5.45. The molecule has 2 aliphatic rings. The summed E-state index contributed by atoms with van der Waals surface area (Å²) in [5, 5.41) is 0. The van der Waals surface area contributed by atoms with Gasteiger partial charge in [-0.1, -0.05) is 95.8 Å². The Labute approximate surface area is 275 Å². The zero-order valence-electron chi connectivity index (χ0n) is 28.2. The van der Waals surface area contributed by atoms with Gasteiger partial charge in [-0.15, -0.1) is 22.1 Å². The molecule has 3 aromatic heterocycles. The number of rotatable bonds is 9. The van der Waals surface area contributed by atoms with Crippen LogP contribution in [-0.4, -0.2) is 23.2 Å². The third-order valence-corrected chi connectivity index (χ3v) is 9.73. The summed E-state index contributed by atoms with van der Waals surface area (Å²) in [6.45, 7) is 18.1. The molecule has 0 spiro atoms. The second kappa shape index (κ2) is 14.4. The van der Waals surface area contributed by atoms with Crippen LogP contribution >= 0.6 is 0 Å². The summed E-state index contributed by atoms with van der Waals surface area (Å²) in [5.41, 5.74) is 17.6. The number of aliphatic imine (C=N–C) groups is 1. The molecule has 0 saturated carbocycles. The predicted molar refractivity (Wildman–Crippen MR) is 183 cm³/mol. The average molecular weight is 639 g/mol. The van der Waals surface area contributed by atoms with E-state index in [1.165, 1.54) is 33.4 Å². The molecule has 5 nitrogen and oxygen atoms in total. The van der Waals surface area contributed by atoms with E-state index in [9.17, 15) is 0 Å². The van der Waals surface area contributed by atoms with E-state index in [0.29, 0.717) is 11.8 Å². The van der Waals surface area contributed by atoms with Gasteiger partial charge in [-0.2, -0.15) is 0 Å². The van der Waals surface area contributed by atoms with E-state index < -0.39 is 0 Å². The molecule has 8 bridgehead atoms. The number of nitrogens with zero attached hydrogens (tertiary/aromatic N) is 5. The fourth-order valence-corrected chi connectivity index (χ4v) is 7.72. The minimum absolute atomic E-state index is 0.